The maximum absolute atomic E-state index is 13.8. The molecule has 2 aromatic carbocycles. The number of amides is 8. The van der Waals surface area contributed by atoms with Crippen LogP contribution in [-0.2, 0) is 70.4 Å². The number of nitrogens with one attached hydrogen (secondary N) is 7. The smallest absolute Gasteiger partial charge is 0.326 e. The van der Waals surface area contributed by atoms with Crippen molar-refractivity contribution in [1.82, 2.24) is 42.1 Å². The molecule has 0 fully saturated rings. The highest BCUT2D eigenvalue weighted by molar-refractivity contribution is 5.97. The lowest BCUT2D eigenvalue weighted by Crippen LogP contribution is -2.60. The van der Waals surface area contributed by atoms with Gasteiger partial charge in [0.05, 0.1) is 12.5 Å². The molecule has 2 rings (SSSR count). The molecule has 8 amide bonds. The molecule has 0 aromatic heterocycles. The van der Waals surface area contributed by atoms with Crippen molar-refractivity contribution in [3.05, 3.63) is 71.3 Å². The van der Waals surface area contributed by atoms with Gasteiger partial charge in [-0.1, -0.05) is 109 Å². The number of aldehydes is 2. The van der Waals surface area contributed by atoms with E-state index in [4.69, 9.17) is 5.73 Å². The summed E-state index contributed by atoms with van der Waals surface area (Å²) in [5, 5.41) is 36.8. The summed E-state index contributed by atoms with van der Waals surface area (Å²) in [5.74, 6) is -8.08. The van der Waals surface area contributed by atoms with Crippen molar-refractivity contribution in [1.29, 1.82) is 0 Å². The first kappa shape index (κ1) is 73.4. The first-order valence-corrected chi connectivity index (χ1v) is 27.2. The molecule has 452 valence electrons. The summed E-state index contributed by atoms with van der Waals surface area (Å²) in [7, 11) is 4.32. The van der Waals surface area contributed by atoms with Gasteiger partial charge in [-0.2, -0.15) is 0 Å². The van der Waals surface area contributed by atoms with Crippen molar-refractivity contribution >= 4 is 71.8 Å². The quantitative estimate of drug-likeness (QED) is 0.0439. The van der Waals surface area contributed by atoms with Crippen molar-refractivity contribution in [2.75, 3.05) is 21.1 Å². The van der Waals surface area contributed by atoms with Crippen molar-refractivity contribution in [2.24, 2.45) is 29.2 Å². The van der Waals surface area contributed by atoms with Gasteiger partial charge in [-0.15, -0.1) is 0 Å². The Balaban J connectivity index is 0.00000231. The number of aryl methyl sites for hydroxylation is 1. The van der Waals surface area contributed by atoms with Gasteiger partial charge in [0, 0.05) is 39.8 Å². The lowest BCUT2D eigenvalue weighted by Gasteiger charge is -2.32. The van der Waals surface area contributed by atoms with Crippen LogP contribution in [0.15, 0.2) is 54.6 Å². The second kappa shape index (κ2) is 39.7. The number of carboxylic acid groups (broad SMARTS) is 2. The summed E-state index contributed by atoms with van der Waals surface area (Å²) in [6.45, 7) is 14.4. The molecule has 8 atom stereocenters. The maximum atomic E-state index is 13.8. The summed E-state index contributed by atoms with van der Waals surface area (Å²) in [5.41, 5.74) is 12.9. The van der Waals surface area contributed by atoms with E-state index in [0.717, 1.165) is 16.0 Å². The van der Waals surface area contributed by atoms with Gasteiger partial charge in [0.15, 0.2) is 0 Å². The highest BCUT2D eigenvalue weighted by Crippen LogP contribution is 2.14. The van der Waals surface area contributed by atoms with E-state index in [1.54, 1.807) is 46.0 Å². The summed E-state index contributed by atoms with van der Waals surface area (Å²) < 4.78 is 0. The zero-order valence-corrected chi connectivity index (χ0v) is 48.9. The molecular formula is C57H90N10O14. The van der Waals surface area contributed by atoms with Gasteiger partial charge in [0.25, 0.3) is 0 Å². The number of hydrogen-bond acceptors (Lipinski definition) is 14. The minimum Gasteiger partial charge on any atom is -0.481 e. The number of benzene rings is 2. The average Bonchev–Trinajstić information content (AvgIpc) is 3.41. The van der Waals surface area contributed by atoms with Crippen molar-refractivity contribution in [3.63, 3.8) is 0 Å². The second-order valence-electron chi connectivity index (χ2n) is 20.6. The summed E-state index contributed by atoms with van der Waals surface area (Å²) in [4.78, 5) is 152. The number of rotatable bonds is 34. The van der Waals surface area contributed by atoms with Gasteiger partial charge >= 0.3 is 11.9 Å². The zero-order chi connectivity index (χ0) is 61.9. The molecule has 0 aliphatic heterocycles. The van der Waals surface area contributed by atoms with E-state index >= 15 is 0 Å². The zero-order valence-electron chi connectivity index (χ0n) is 48.9. The van der Waals surface area contributed by atoms with Gasteiger partial charge in [-0.25, -0.2) is 4.79 Å². The fourth-order valence-electron chi connectivity index (χ4n) is 8.08. The normalized spacial score (nSPS) is 13.7. The molecule has 0 aliphatic carbocycles. The number of hydrogen-bond donors (Lipinski definition) is 11. The maximum Gasteiger partial charge on any atom is 0.326 e. The number of likely N-dealkylation sites (N-methyl/N-ethyl adjacent to an activating group) is 2. The Hall–Kier alpha value is -7.60. The molecule has 81 heavy (non-hydrogen) atoms. The SMILES string of the molecule is CCC(C(=O)NC(CCC=O)C(=O)NC(Cc1cccc(C)c1)C(=O)NC(C(=O)O)C(C)C)N(C)C(=O)C(CCC=O)NC(=O)C(CC(=O)O)NC(=O)CCC(C)C.CN.CNC(=O)C(CC(C)C)NC(=O)C(N)Cc1ccccc1. The first-order valence-electron chi connectivity index (χ1n) is 27.2. The third-order valence-corrected chi connectivity index (χ3v) is 12.5. The highest BCUT2D eigenvalue weighted by Gasteiger charge is 2.36. The lowest BCUT2D eigenvalue weighted by molar-refractivity contribution is -0.144. The summed E-state index contributed by atoms with van der Waals surface area (Å²) in [6.07, 6.45) is 0.913. The van der Waals surface area contributed by atoms with Crippen LogP contribution in [0.5, 0.6) is 0 Å². The van der Waals surface area contributed by atoms with Crippen LogP contribution in [0.4, 0.5) is 0 Å². The van der Waals surface area contributed by atoms with E-state index in [0.29, 0.717) is 43.3 Å². The number of carboxylic acids is 2. The fourth-order valence-corrected chi connectivity index (χ4v) is 8.08. The largest absolute Gasteiger partial charge is 0.481 e. The van der Waals surface area contributed by atoms with Crippen LogP contribution >= 0.6 is 0 Å². The monoisotopic (exact) mass is 1140 g/mol. The molecule has 8 unspecified atom stereocenters. The minimum absolute atomic E-state index is 0.0118. The number of aliphatic carboxylic acids is 2. The molecule has 0 bridgehead atoms. The van der Waals surface area contributed by atoms with Crippen LogP contribution < -0.4 is 48.7 Å². The van der Waals surface area contributed by atoms with E-state index in [-0.39, 0.29) is 62.7 Å². The van der Waals surface area contributed by atoms with Crippen LogP contribution in [0.1, 0.15) is 123 Å². The van der Waals surface area contributed by atoms with Crippen LogP contribution in [0.25, 0.3) is 0 Å². The van der Waals surface area contributed by atoms with Gasteiger partial charge in [-0.3, -0.25) is 43.2 Å². The minimum atomic E-state index is -1.55. The Morgan fingerprint density at radius 2 is 1.14 bits per heavy atom. The Labute approximate surface area is 476 Å². The first-order chi connectivity index (χ1) is 38.2. The van der Waals surface area contributed by atoms with E-state index in [1.165, 1.54) is 14.1 Å². The van der Waals surface area contributed by atoms with Crippen LogP contribution in [-0.4, -0.2) is 156 Å². The molecule has 0 saturated carbocycles. The number of nitrogens with two attached hydrogens (primary N) is 2. The van der Waals surface area contributed by atoms with Crippen molar-refractivity contribution in [3.8, 4) is 0 Å². The van der Waals surface area contributed by atoms with Gasteiger partial charge in [0.1, 0.15) is 54.9 Å². The van der Waals surface area contributed by atoms with Gasteiger partial charge in [-0.05, 0) is 81.4 Å². The fraction of sp³-hybridized carbons (Fsp3) is 0.579. The van der Waals surface area contributed by atoms with Gasteiger partial charge in [0.2, 0.25) is 47.3 Å². The molecular weight excluding hydrogens is 1050 g/mol. The summed E-state index contributed by atoms with van der Waals surface area (Å²) in [6, 6.07) is 7.27. The third kappa shape index (κ3) is 28.9. The molecule has 0 heterocycles. The number of carbonyl (C=O) groups is 12. The predicted octanol–water partition coefficient (Wildman–Crippen LogP) is 1.22. The Morgan fingerprint density at radius 1 is 0.605 bits per heavy atom. The Kier molecular flexibility index (Phi) is 36.0. The molecule has 2 aromatic rings. The van der Waals surface area contributed by atoms with Gasteiger partial charge < -0.3 is 73.4 Å². The topological polar surface area (TPSA) is 385 Å². The Morgan fingerprint density at radius 3 is 1.64 bits per heavy atom. The lowest BCUT2D eigenvalue weighted by atomic mass is 10.00. The van der Waals surface area contributed by atoms with E-state index in [9.17, 15) is 67.7 Å². The van der Waals surface area contributed by atoms with Crippen LogP contribution in [0.2, 0.25) is 0 Å². The molecule has 24 nitrogen and oxygen atoms in total. The standard InChI is InChI=1S/C40H60N6O12.C16H25N3O2.CH5N/c1-8-31(46(7)39(56)28(15-11-19-48)43-36(53)30(22-33(50)51)41-32(49)17-16-23(2)3)38(55)42-27(14-10-18-47)35(52)44-29(21-26-13-9-12-25(6)20-26)37(54)45-34(24(4)5)40(57)58;1-11(2)9-14(16(21)18-3)19-15(20)13(17)10-12-7-5-4-6-8-12;1-2/h9,12-13,18-20,23-24,27-31,34H,8,10-11,14-17,21-22H2,1-7H3,(H,41,49)(H,42,55)(H,43,53)(H,44,52)(H,45,54)(H,50,51)(H,57,58);4-8,11,13-14H,9-10,17H2,1-3H3,(H,18,21)(H,19,20);2H2,1H3. The number of nitrogens with zero attached hydrogens (tertiary/aromatic N) is 1. The number of carbonyl (C=O) groups excluding carboxylic acids is 10. The third-order valence-electron chi connectivity index (χ3n) is 12.5. The van der Waals surface area contributed by atoms with E-state index in [1.807, 2.05) is 71.0 Å². The van der Waals surface area contributed by atoms with Crippen molar-refractivity contribution in [2.45, 2.75) is 174 Å². The molecule has 13 N–H and O–H groups in total. The highest BCUT2D eigenvalue weighted by atomic mass is 16.4. The molecule has 0 aliphatic rings. The predicted molar refractivity (Wildman–Crippen MR) is 304 cm³/mol. The molecule has 0 spiro atoms. The van der Waals surface area contributed by atoms with Crippen LogP contribution in [0, 0.1) is 24.7 Å². The van der Waals surface area contributed by atoms with Crippen LogP contribution in [0.3, 0.4) is 0 Å². The van der Waals surface area contributed by atoms with Crippen molar-refractivity contribution < 1.29 is 67.7 Å². The average molecular weight is 1140 g/mol. The van der Waals surface area contributed by atoms with E-state index in [2.05, 4.69) is 43.0 Å². The molecule has 24 heteroatoms. The molecule has 0 radical (unpaired) electrons. The second-order valence-corrected chi connectivity index (χ2v) is 20.6. The Bertz CT molecular complexity index is 2350. The van der Waals surface area contributed by atoms with E-state index < -0.39 is 108 Å². The molecule has 0 saturated heterocycles. The summed E-state index contributed by atoms with van der Waals surface area (Å²) >= 11 is 0.